The van der Waals surface area contributed by atoms with Crippen LogP contribution in [-0.2, 0) is 13.1 Å². The maximum atomic E-state index is 13.2. The monoisotopic (exact) mass is 245 g/mol. The number of nitrogens with two attached hydrogens (primary N) is 1. The molecule has 0 bridgehead atoms. The van der Waals surface area contributed by atoms with Crippen LogP contribution in [0, 0.1) is 5.82 Å². The van der Waals surface area contributed by atoms with Gasteiger partial charge in [-0.15, -0.1) is 0 Å². The van der Waals surface area contributed by atoms with Crippen molar-refractivity contribution >= 4 is 5.69 Å². The van der Waals surface area contributed by atoms with E-state index in [9.17, 15) is 4.39 Å². The Hall–Kier alpha value is -1.94. The number of benzene rings is 1. The summed E-state index contributed by atoms with van der Waals surface area (Å²) in [4.78, 5) is 6.32. The summed E-state index contributed by atoms with van der Waals surface area (Å²) in [6, 6.07) is 10.4. The predicted molar refractivity (Wildman–Crippen MR) is 70.2 cm³/mol. The summed E-state index contributed by atoms with van der Waals surface area (Å²) in [5.74, 6) is -0.295. The van der Waals surface area contributed by atoms with Crippen LogP contribution < -0.4 is 5.73 Å². The van der Waals surface area contributed by atoms with Crippen LogP contribution in [0.5, 0.6) is 0 Å². The average molecular weight is 245 g/mol. The van der Waals surface area contributed by atoms with Crippen LogP contribution in [-0.4, -0.2) is 16.9 Å². The number of nitrogens with zero attached hydrogens (tertiary/aromatic N) is 2. The zero-order chi connectivity index (χ0) is 13.0. The minimum atomic E-state index is -0.295. The van der Waals surface area contributed by atoms with Gasteiger partial charge in [0.1, 0.15) is 5.82 Å². The Kier molecular flexibility index (Phi) is 3.89. The highest BCUT2D eigenvalue weighted by Gasteiger charge is 2.04. The molecule has 2 aromatic rings. The third kappa shape index (κ3) is 3.53. The lowest BCUT2D eigenvalue weighted by Crippen LogP contribution is -2.18. The van der Waals surface area contributed by atoms with Crippen molar-refractivity contribution in [3.8, 4) is 0 Å². The Balaban J connectivity index is 2.01. The van der Waals surface area contributed by atoms with Gasteiger partial charge in [0.2, 0.25) is 0 Å². The first-order chi connectivity index (χ1) is 8.63. The van der Waals surface area contributed by atoms with Crippen LogP contribution in [0.1, 0.15) is 11.3 Å². The van der Waals surface area contributed by atoms with E-state index < -0.39 is 0 Å². The molecule has 0 saturated carbocycles. The second-order valence-electron chi connectivity index (χ2n) is 4.39. The smallest absolute Gasteiger partial charge is 0.125 e. The minimum Gasteiger partial charge on any atom is -0.399 e. The summed E-state index contributed by atoms with van der Waals surface area (Å²) in [5, 5.41) is 0. The van der Waals surface area contributed by atoms with Crippen molar-refractivity contribution in [3.05, 3.63) is 59.7 Å². The Morgan fingerprint density at radius 1 is 1.22 bits per heavy atom. The van der Waals surface area contributed by atoms with E-state index in [1.54, 1.807) is 12.3 Å². The summed E-state index contributed by atoms with van der Waals surface area (Å²) in [5.41, 5.74) is 7.93. The van der Waals surface area contributed by atoms with Gasteiger partial charge in [0.15, 0.2) is 0 Å². The molecule has 1 heterocycles. The quantitative estimate of drug-likeness (QED) is 0.841. The topological polar surface area (TPSA) is 42.1 Å². The maximum Gasteiger partial charge on any atom is 0.125 e. The van der Waals surface area contributed by atoms with Gasteiger partial charge in [-0.05, 0) is 42.9 Å². The summed E-state index contributed by atoms with van der Waals surface area (Å²) in [6.45, 7) is 1.36. The van der Waals surface area contributed by atoms with E-state index in [1.807, 2.05) is 25.2 Å². The average Bonchev–Trinajstić information content (AvgIpc) is 2.28. The molecule has 0 saturated heterocycles. The normalized spacial score (nSPS) is 10.8. The van der Waals surface area contributed by atoms with Gasteiger partial charge in [0, 0.05) is 25.0 Å². The highest BCUT2D eigenvalue weighted by molar-refractivity contribution is 5.41. The Morgan fingerprint density at radius 3 is 2.72 bits per heavy atom. The third-order valence-electron chi connectivity index (χ3n) is 2.59. The van der Waals surface area contributed by atoms with Crippen molar-refractivity contribution in [3.63, 3.8) is 0 Å². The number of pyridine rings is 1. The number of aromatic nitrogens is 1. The van der Waals surface area contributed by atoms with Gasteiger partial charge in [-0.1, -0.05) is 6.07 Å². The minimum absolute atomic E-state index is 0.295. The van der Waals surface area contributed by atoms with Crippen molar-refractivity contribution in [2.75, 3.05) is 12.8 Å². The lowest BCUT2D eigenvalue weighted by atomic mass is 10.2. The van der Waals surface area contributed by atoms with Gasteiger partial charge in [0.25, 0.3) is 0 Å². The number of anilines is 1. The molecule has 0 fully saturated rings. The Labute approximate surface area is 106 Å². The van der Waals surface area contributed by atoms with Crippen LogP contribution in [0.15, 0.2) is 42.6 Å². The first-order valence-electron chi connectivity index (χ1n) is 5.77. The molecule has 0 aliphatic carbocycles. The molecule has 0 aliphatic rings. The van der Waals surface area contributed by atoms with Gasteiger partial charge in [-0.2, -0.15) is 0 Å². The van der Waals surface area contributed by atoms with Gasteiger partial charge in [0.05, 0.1) is 5.69 Å². The third-order valence-corrected chi connectivity index (χ3v) is 2.59. The van der Waals surface area contributed by atoms with Crippen molar-refractivity contribution in [2.24, 2.45) is 0 Å². The fourth-order valence-corrected chi connectivity index (χ4v) is 1.90. The van der Waals surface area contributed by atoms with Crippen LogP contribution in [0.2, 0.25) is 0 Å². The van der Waals surface area contributed by atoms with E-state index in [-0.39, 0.29) is 5.82 Å². The van der Waals surface area contributed by atoms with Gasteiger partial charge in [-0.3, -0.25) is 9.88 Å². The SMILES string of the molecule is CN(Cc1cc(N)cc(F)c1)Cc1ccccn1. The molecule has 4 heteroatoms. The van der Waals surface area contributed by atoms with Crippen LogP contribution in [0.4, 0.5) is 10.1 Å². The van der Waals surface area contributed by atoms with Gasteiger partial charge in [-0.25, -0.2) is 4.39 Å². The summed E-state index contributed by atoms with van der Waals surface area (Å²) in [6.07, 6.45) is 1.77. The standard InChI is InChI=1S/C14H16FN3/c1-18(10-14-4-2-3-5-17-14)9-11-6-12(15)8-13(16)7-11/h2-8H,9-10,16H2,1H3. The number of hydrogen-bond donors (Lipinski definition) is 1. The highest BCUT2D eigenvalue weighted by Crippen LogP contribution is 2.13. The second-order valence-corrected chi connectivity index (χ2v) is 4.39. The van der Waals surface area contributed by atoms with Gasteiger partial charge < -0.3 is 5.73 Å². The molecular weight excluding hydrogens is 229 g/mol. The first kappa shape index (κ1) is 12.5. The molecule has 1 aromatic carbocycles. The molecule has 0 unspecified atom stereocenters. The van der Waals surface area contributed by atoms with E-state index in [1.165, 1.54) is 12.1 Å². The molecule has 2 rings (SSSR count). The van der Waals surface area contributed by atoms with Crippen molar-refractivity contribution < 1.29 is 4.39 Å². The molecule has 94 valence electrons. The fourth-order valence-electron chi connectivity index (χ4n) is 1.90. The first-order valence-corrected chi connectivity index (χ1v) is 5.77. The van der Waals surface area contributed by atoms with E-state index in [2.05, 4.69) is 9.88 Å². The highest BCUT2D eigenvalue weighted by atomic mass is 19.1. The molecule has 0 atom stereocenters. The number of hydrogen-bond acceptors (Lipinski definition) is 3. The number of rotatable bonds is 4. The molecule has 0 amide bonds. The maximum absolute atomic E-state index is 13.2. The van der Waals surface area contributed by atoms with Gasteiger partial charge >= 0.3 is 0 Å². The molecular formula is C14H16FN3. The zero-order valence-corrected chi connectivity index (χ0v) is 10.3. The molecule has 1 aromatic heterocycles. The zero-order valence-electron chi connectivity index (χ0n) is 10.3. The lowest BCUT2D eigenvalue weighted by Gasteiger charge is -2.16. The Morgan fingerprint density at radius 2 is 2.06 bits per heavy atom. The van der Waals surface area contributed by atoms with E-state index in [0.29, 0.717) is 12.2 Å². The second kappa shape index (κ2) is 5.60. The van der Waals surface area contributed by atoms with E-state index >= 15 is 0 Å². The molecule has 18 heavy (non-hydrogen) atoms. The molecule has 3 nitrogen and oxygen atoms in total. The summed E-state index contributed by atoms with van der Waals surface area (Å²) < 4.78 is 13.2. The number of halogens is 1. The molecule has 0 aliphatic heterocycles. The number of nitrogen functional groups attached to an aromatic ring is 1. The van der Waals surface area contributed by atoms with Crippen molar-refractivity contribution in [2.45, 2.75) is 13.1 Å². The van der Waals surface area contributed by atoms with Crippen molar-refractivity contribution in [1.29, 1.82) is 0 Å². The predicted octanol–water partition coefficient (Wildman–Crippen LogP) is 2.43. The van der Waals surface area contributed by atoms with Crippen LogP contribution in [0.3, 0.4) is 0 Å². The molecule has 0 radical (unpaired) electrons. The summed E-state index contributed by atoms with van der Waals surface area (Å²) in [7, 11) is 1.97. The van der Waals surface area contributed by atoms with Crippen LogP contribution in [0.25, 0.3) is 0 Å². The molecule has 0 spiro atoms. The van der Waals surface area contributed by atoms with E-state index in [0.717, 1.165) is 17.8 Å². The molecule has 2 N–H and O–H groups in total. The lowest BCUT2D eigenvalue weighted by molar-refractivity contribution is 0.314. The largest absolute Gasteiger partial charge is 0.399 e. The summed E-state index contributed by atoms with van der Waals surface area (Å²) >= 11 is 0. The van der Waals surface area contributed by atoms with E-state index in [4.69, 9.17) is 5.73 Å². The van der Waals surface area contributed by atoms with Crippen molar-refractivity contribution in [1.82, 2.24) is 9.88 Å². The van der Waals surface area contributed by atoms with Crippen LogP contribution >= 0.6 is 0 Å². The Bertz CT molecular complexity index is 493. The fraction of sp³-hybridized carbons (Fsp3) is 0.214.